The third kappa shape index (κ3) is 2.87. The molecule has 0 aliphatic carbocycles. The summed E-state index contributed by atoms with van der Waals surface area (Å²) in [5.41, 5.74) is 2.05. The molecule has 2 unspecified atom stereocenters. The fraction of sp³-hybridized carbons (Fsp3) is 0.353. The minimum absolute atomic E-state index is 0.0369. The summed E-state index contributed by atoms with van der Waals surface area (Å²) in [6.45, 7) is 3.20. The Hall–Kier alpha value is -1.65. The van der Waals surface area contributed by atoms with Crippen LogP contribution < -0.4 is 0 Å². The number of amides is 1. The summed E-state index contributed by atoms with van der Waals surface area (Å²) in [6.07, 6.45) is 0.446. The van der Waals surface area contributed by atoms with Crippen molar-refractivity contribution in [3.8, 4) is 11.1 Å². The molecule has 3 nitrogen and oxygen atoms in total. The van der Waals surface area contributed by atoms with E-state index >= 15 is 0 Å². The van der Waals surface area contributed by atoms with E-state index in [1.54, 1.807) is 4.90 Å². The van der Waals surface area contributed by atoms with Gasteiger partial charge in [-0.1, -0.05) is 37.3 Å². The van der Waals surface area contributed by atoms with Crippen LogP contribution in [-0.4, -0.2) is 35.1 Å². The van der Waals surface area contributed by atoms with Gasteiger partial charge in [-0.05, 0) is 29.3 Å². The standard InChI is InChI=1S/C17H19NO2S/c1-12-7-9-18(11-15(12)19)17(20)16-14(8-10-21-16)13-5-3-2-4-6-13/h2-6,8,10,12,15,19H,7,9,11H2,1H3. The van der Waals surface area contributed by atoms with E-state index in [9.17, 15) is 9.90 Å². The molecule has 0 bridgehead atoms. The van der Waals surface area contributed by atoms with E-state index in [2.05, 4.69) is 0 Å². The monoisotopic (exact) mass is 301 g/mol. The van der Waals surface area contributed by atoms with Crippen LogP contribution in [0.25, 0.3) is 11.1 Å². The van der Waals surface area contributed by atoms with Crippen molar-refractivity contribution in [1.29, 1.82) is 0 Å². The van der Waals surface area contributed by atoms with Crippen LogP contribution in [0, 0.1) is 5.92 Å². The van der Waals surface area contributed by atoms with Gasteiger partial charge in [0.15, 0.2) is 0 Å². The number of piperidine rings is 1. The van der Waals surface area contributed by atoms with Gasteiger partial charge < -0.3 is 10.0 Å². The Morgan fingerprint density at radius 2 is 2.05 bits per heavy atom. The number of benzene rings is 1. The molecule has 3 rings (SSSR count). The highest BCUT2D eigenvalue weighted by Crippen LogP contribution is 2.30. The Morgan fingerprint density at radius 3 is 2.76 bits per heavy atom. The fourth-order valence-corrected chi connectivity index (χ4v) is 3.58. The molecule has 110 valence electrons. The van der Waals surface area contributed by atoms with Crippen LogP contribution in [0.2, 0.25) is 0 Å². The Labute approximate surface area is 128 Å². The topological polar surface area (TPSA) is 40.5 Å². The number of carbonyl (C=O) groups excluding carboxylic acids is 1. The Morgan fingerprint density at radius 1 is 1.29 bits per heavy atom. The molecule has 1 fully saturated rings. The molecule has 2 aromatic rings. The van der Waals surface area contributed by atoms with Gasteiger partial charge in [0, 0.05) is 18.7 Å². The Kier molecular flexibility index (Phi) is 4.08. The molecule has 21 heavy (non-hydrogen) atoms. The highest BCUT2D eigenvalue weighted by Gasteiger charge is 2.29. The van der Waals surface area contributed by atoms with Gasteiger partial charge in [0.25, 0.3) is 5.91 Å². The number of aliphatic hydroxyl groups excluding tert-OH is 1. The van der Waals surface area contributed by atoms with Gasteiger partial charge in [-0.3, -0.25) is 4.79 Å². The lowest BCUT2D eigenvalue weighted by Gasteiger charge is -2.34. The zero-order valence-electron chi connectivity index (χ0n) is 12.0. The second kappa shape index (κ2) is 6.00. The SMILES string of the molecule is CC1CCN(C(=O)c2sccc2-c2ccccc2)CC1O. The molecule has 1 aliphatic rings. The van der Waals surface area contributed by atoms with Crippen molar-refractivity contribution in [2.24, 2.45) is 5.92 Å². The largest absolute Gasteiger partial charge is 0.391 e. The van der Waals surface area contributed by atoms with Gasteiger partial charge in [0.05, 0.1) is 11.0 Å². The maximum absolute atomic E-state index is 12.7. The van der Waals surface area contributed by atoms with Crippen LogP contribution in [0.5, 0.6) is 0 Å². The summed E-state index contributed by atoms with van der Waals surface area (Å²) in [7, 11) is 0. The van der Waals surface area contributed by atoms with Gasteiger partial charge in [-0.2, -0.15) is 0 Å². The smallest absolute Gasteiger partial charge is 0.264 e. The highest BCUT2D eigenvalue weighted by atomic mass is 32.1. The molecule has 1 saturated heterocycles. The maximum atomic E-state index is 12.7. The first-order chi connectivity index (χ1) is 10.2. The Balaban J connectivity index is 1.85. The van der Waals surface area contributed by atoms with E-state index in [0.717, 1.165) is 29.0 Å². The highest BCUT2D eigenvalue weighted by molar-refractivity contribution is 7.12. The number of aliphatic hydroxyl groups is 1. The molecule has 0 spiro atoms. The van der Waals surface area contributed by atoms with Gasteiger partial charge in [-0.25, -0.2) is 0 Å². The molecule has 2 atom stereocenters. The third-order valence-corrected chi connectivity index (χ3v) is 5.05. The van der Waals surface area contributed by atoms with E-state index in [1.807, 2.05) is 48.7 Å². The molecule has 0 radical (unpaired) electrons. The number of nitrogens with zero attached hydrogens (tertiary/aromatic N) is 1. The molecule has 1 N–H and O–H groups in total. The lowest BCUT2D eigenvalue weighted by Crippen LogP contribution is -2.45. The third-order valence-electron chi connectivity index (χ3n) is 4.15. The van der Waals surface area contributed by atoms with Crippen LogP contribution in [0.1, 0.15) is 23.0 Å². The van der Waals surface area contributed by atoms with Crippen molar-refractivity contribution in [2.45, 2.75) is 19.4 Å². The number of hydrogen-bond acceptors (Lipinski definition) is 3. The van der Waals surface area contributed by atoms with Crippen LogP contribution in [0.3, 0.4) is 0 Å². The Bertz CT molecular complexity index is 623. The predicted octanol–water partition coefficient (Wildman–Crippen LogP) is 3.26. The van der Waals surface area contributed by atoms with E-state index in [-0.39, 0.29) is 11.8 Å². The summed E-state index contributed by atoms with van der Waals surface area (Å²) in [4.78, 5) is 15.3. The minimum Gasteiger partial charge on any atom is -0.391 e. The van der Waals surface area contributed by atoms with Crippen LogP contribution in [0.15, 0.2) is 41.8 Å². The van der Waals surface area contributed by atoms with Crippen LogP contribution in [-0.2, 0) is 0 Å². The molecule has 2 heterocycles. The second-order valence-corrected chi connectivity index (χ2v) is 6.53. The van der Waals surface area contributed by atoms with Crippen molar-refractivity contribution in [3.05, 3.63) is 46.7 Å². The summed E-state index contributed by atoms with van der Waals surface area (Å²) in [6, 6.07) is 12.0. The number of likely N-dealkylation sites (tertiary alicyclic amines) is 1. The zero-order chi connectivity index (χ0) is 14.8. The molecule has 1 aromatic carbocycles. The van der Waals surface area contributed by atoms with Gasteiger partial charge in [0.1, 0.15) is 0 Å². The lowest BCUT2D eigenvalue weighted by atomic mass is 9.95. The van der Waals surface area contributed by atoms with E-state index in [0.29, 0.717) is 6.54 Å². The first kappa shape index (κ1) is 14.3. The normalized spacial score (nSPS) is 22.3. The number of carbonyl (C=O) groups is 1. The molecular formula is C17H19NO2S. The molecule has 1 amide bonds. The number of hydrogen-bond donors (Lipinski definition) is 1. The minimum atomic E-state index is -0.414. The zero-order valence-corrected chi connectivity index (χ0v) is 12.8. The predicted molar refractivity (Wildman–Crippen MR) is 85.4 cm³/mol. The van der Waals surface area contributed by atoms with Crippen molar-refractivity contribution in [3.63, 3.8) is 0 Å². The fourth-order valence-electron chi connectivity index (χ4n) is 2.70. The average molecular weight is 301 g/mol. The number of thiophene rings is 1. The summed E-state index contributed by atoms with van der Waals surface area (Å²) < 4.78 is 0. The molecule has 1 aromatic heterocycles. The van der Waals surface area contributed by atoms with Crippen LogP contribution in [0.4, 0.5) is 0 Å². The molecule has 0 saturated carbocycles. The number of rotatable bonds is 2. The van der Waals surface area contributed by atoms with Crippen molar-refractivity contribution < 1.29 is 9.90 Å². The first-order valence-corrected chi connectivity index (χ1v) is 8.15. The van der Waals surface area contributed by atoms with Gasteiger partial charge >= 0.3 is 0 Å². The van der Waals surface area contributed by atoms with Crippen molar-refractivity contribution in [1.82, 2.24) is 4.90 Å². The quantitative estimate of drug-likeness (QED) is 0.925. The van der Waals surface area contributed by atoms with E-state index in [4.69, 9.17) is 0 Å². The molecular weight excluding hydrogens is 282 g/mol. The van der Waals surface area contributed by atoms with Crippen molar-refractivity contribution in [2.75, 3.05) is 13.1 Å². The summed E-state index contributed by atoms with van der Waals surface area (Å²) in [5, 5.41) is 11.9. The summed E-state index contributed by atoms with van der Waals surface area (Å²) >= 11 is 1.48. The van der Waals surface area contributed by atoms with E-state index in [1.165, 1.54) is 11.3 Å². The van der Waals surface area contributed by atoms with Gasteiger partial charge in [-0.15, -0.1) is 11.3 Å². The maximum Gasteiger partial charge on any atom is 0.264 e. The molecule has 4 heteroatoms. The number of β-amino-alcohol motifs (C(OH)–C–C–N with tert-alkyl or cyclic N) is 1. The van der Waals surface area contributed by atoms with Crippen molar-refractivity contribution >= 4 is 17.2 Å². The summed E-state index contributed by atoms with van der Waals surface area (Å²) in [5.74, 6) is 0.306. The first-order valence-electron chi connectivity index (χ1n) is 7.27. The van der Waals surface area contributed by atoms with Gasteiger partial charge in [0.2, 0.25) is 0 Å². The molecule has 1 aliphatic heterocycles. The van der Waals surface area contributed by atoms with E-state index < -0.39 is 6.10 Å². The average Bonchev–Trinajstić information content (AvgIpc) is 2.99. The second-order valence-electron chi connectivity index (χ2n) is 5.61. The lowest BCUT2D eigenvalue weighted by molar-refractivity contribution is 0.0252. The van der Waals surface area contributed by atoms with Crippen LogP contribution >= 0.6 is 11.3 Å².